The van der Waals surface area contributed by atoms with Crippen LogP contribution in [0.4, 0.5) is 11.6 Å². The van der Waals surface area contributed by atoms with Gasteiger partial charge in [-0.25, -0.2) is 4.98 Å². The van der Waals surface area contributed by atoms with Gasteiger partial charge in [0.15, 0.2) is 0 Å². The Bertz CT molecular complexity index is 283. The van der Waals surface area contributed by atoms with E-state index in [0.717, 1.165) is 30.3 Å². The molecule has 4 N–H and O–H groups in total. The summed E-state index contributed by atoms with van der Waals surface area (Å²) in [6.45, 7) is 1.14. The first kappa shape index (κ1) is 12.1. The Kier molecular flexibility index (Phi) is 5.96. The Labute approximate surface area is 94.3 Å². The van der Waals surface area contributed by atoms with Crippen LogP contribution >= 0.6 is 11.8 Å². The van der Waals surface area contributed by atoms with Gasteiger partial charge in [0.25, 0.3) is 0 Å². The molecule has 0 unspecified atom stereocenters. The molecule has 0 aliphatic heterocycles. The molecule has 0 aromatic carbocycles. The number of aromatic nitrogens is 1. The van der Waals surface area contributed by atoms with E-state index >= 15 is 0 Å². The molecule has 1 aromatic rings. The number of nitrogens with one attached hydrogen (secondary N) is 1. The molecule has 0 fully saturated rings. The van der Waals surface area contributed by atoms with Gasteiger partial charge in [-0.05, 0) is 24.3 Å². The summed E-state index contributed by atoms with van der Waals surface area (Å²) >= 11 is 1.82. The van der Waals surface area contributed by atoms with Crippen LogP contribution in [-0.2, 0) is 0 Å². The summed E-state index contributed by atoms with van der Waals surface area (Å²) in [6.07, 6.45) is 0.862. The van der Waals surface area contributed by atoms with Gasteiger partial charge in [-0.3, -0.25) is 0 Å². The van der Waals surface area contributed by atoms with Crippen LogP contribution in [0.3, 0.4) is 0 Å². The van der Waals surface area contributed by atoms with E-state index in [0.29, 0.717) is 5.82 Å². The number of thioether (sulfide) groups is 1. The number of nitrogen functional groups attached to an aromatic ring is 1. The highest BCUT2D eigenvalue weighted by molar-refractivity contribution is 7.99. The molecule has 84 valence electrons. The van der Waals surface area contributed by atoms with Crippen molar-refractivity contribution in [1.29, 1.82) is 0 Å². The zero-order valence-corrected chi connectivity index (χ0v) is 9.46. The minimum absolute atomic E-state index is 0.275. The standard InChI is InChI=1S/C10H17N3OS/c11-9-3-1-4-10(13-9)12-5-8-15-7-2-6-14/h1,3-4,14H,2,5-8H2,(H3,11,12,13). The molecule has 0 saturated heterocycles. The number of hydrogen-bond donors (Lipinski definition) is 3. The zero-order valence-electron chi connectivity index (χ0n) is 8.65. The average molecular weight is 227 g/mol. The molecule has 0 bridgehead atoms. The smallest absolute Gasteiger partial charge is 0.128 e. The number of nitrogens with two attached hydrogens (primary N) is 1. The van der Waals surface area contributed by atoms with Crippen molar-refractivity contribution >= 4 is 23.4 Å². The first-order valence-electron chi connectivity index (χ1n) is 4.98. The summed E-state index contributed by atoms with van der Waals surface area (Å²) in [7, 11) is 0. The van der Waals surface area contributed by atoms with Crippen LogP contribution in [0, 0.1) is 0 Å². The molecule has 0 saturated carbocycles. The van der Waals surface area contributed by atoms with Crippen LogP contribution in [0.15, 0.2) is 18.2 Å². The average Bonchev–Trinajstić information content (AvgIpc) is 2.23. The third-order valence-electron chi connectivity index (χ3n) is 1.77. The van der Waals surface area contributed by atoms with Gasteiger partial charge in [-0.2, -0.15) is 11.8 Å². The van der Waals surface area contributed by atoms with Crippen molar-refractivity contribution in [2.45, 2.75) is 6.42 Å². The molecule has 0 amide bonds. The summed E-state index contributed by atoms with van der Waals surface area (Å²) in [4.78, 5) is 4.12. The predicted molar refractivity (Wildman–Crippen MR) is 66.2 cm³/mol. The third kappa shape index (κ3) is 5.49. The van der Waals surface area contributed by atoms with Crippen molar-refractivity contribution in [1.82, 2.24) is 4.98 Å². The Morgan fingerprint density at radius 3 is 3.00 bits per heavy atom. The first-order chi connectivity index (χ1) is 7.33. The van der Waals surface area contributed by atoms with E-state index in [1.807, 2.05) is 23.9 Å². The topological polar surface area (TPSA) is 71.2 Å². The van der Waals surface area contributed by atoms with Crippen LogP contribution in [0.25, 0.3) is 0 Å². The Balaban J connectivity index is 2.10. The second kappa shape index (κ2) is 7.36. The minimum Gasteiger partial charge on any atom is -0.396 e. The van der Waals surface area contributed by atoms with E-state index < -0.39 is 0 Å². The molecule has 0 aliphatic rings. The number of rotatable bonds is 7. The van der Waals surface area contributed by atoms with E-state index in [1.165, 1.54) is 0 Å². The molecule has 4 nitrogen and oxygen atoms in total. The summed E-state index contributed by atoms with van der Waals surface area (Å²) < 4.78 is 0. The molecule has 1 aromatic heterocycles. The largest absolute Gasteiger partial charge is 0.396 e. The van der Waals surface area contributed by atoms with E-state index in [2.05, 4.69) is 10.3 Å². The number of aliphatic hydroxyl groups is 1. The molecule has 5 heteroatoms. The van der Waals surface area contributed by atoms with Gasteiger partial charge in [-0.1, -0.05) is 6.07 Å². The van der Waals surface area contributed by atoms with Gasteiger partial charge in [-0.15, -0.1) is 0 Å². The maximum absolute atomic E-state index is 8.58. The van der Waals surface area contributed by atoms with Gasteiger partial charge in [0, 0.05) is 18.9 Å². The highest BCUT2D eigenvalue weighted by atomic mass is 32.2. The second-order valence-corrected chi connectivity index (χ2v) is 4.29. The van der Waals surface area contributed by atoms with Crippen molar-refractivity contribution in [2.24, 2.45) is 0 Å². The van der Waals surface area contributed by atoms with E-state index in [-0.39, 0.29) is 6.61 Å². The number of anilines is 2. The van der Waals surface area contributed by atoms with Crippen LogP contribution < -0.4 is 11.1 Å². The Morgan fingerprint density at radius 2 is 2.27 bits per heavy atom. The summed E-state index contributed by atoms with van der Waals surface area (Å²) in [5.74, 6) is 3.37. The summed E-state index contributed by atoms with van der Waals surface area (Å²) in [6, 6.07) is 5.54. The van der Waals surface area contributed by atoms with Crippen molar-refractivity contribution in [3.63, 3.8) is 0 Å². The maximum atomic E-state index is 8.58. The third-order valence-corrected chi connectivity index (χ3v) is 2.84. The van der Waals surface area contributed by atoms with Crippen molar-refractivity contribution in [3.8, 4) is 0 Å². The Hall–Kier alpha value is -0.940. The highest BCUT2D eigenvalue weighted by Gasteiger charge is 1.93. The van der Waals surface area contributed by atoms with Crippen molar-refractivity contribution in [3.05, 3.63) is 18.2 Å². The molecule has 0 aliphatic carbocycles. The van der Waals surface area contributed by atoms with E-state index in [1.54, 1.807) is 6.07 Å². The van der Waals surface area contributed by atoms with E-state index in [9.17, 15) is 0 Å². The maximum Gasteiger partial charge on any atom is 0.128 e. The lowest BCUT2D eigenvalue weighted by atomic mass is 10.4. The number of nitrogens with zero attached hydrogens (tertiary/aromatic N) is 1. The minimum atomic E-state index is 0.275. The van der Waals surface area contributed by atoms with Gasteiger partial charge in [0.1, 0.15) is 11.6 Å². The van der Waals surface area contributed by atoms with Crippen LogP contribution in [0.2, 0.25) is 0 Å². The molecular formula is C10H17N3OS. The fraction of sp³-hybridized carbons (Fsp3) is 0.500. The second-order valence-electron chi connectivity index (χ2n) is 3.06. The molecular weight excluding hydrogens is 210 g/mol. The molecule has 1 heterocycles. The lowest BCUT2D eigenvalue weighted by Crippen LogP contribution is -2.06. The lowest BCUT2D eigenvalue weighted by molar-refractivity contribution is 0.296. The molecule has 0 radical (unpaired) electrons. The van der Waals surface area contributed by atoms with Crippen LogP contribution in [-0.4, -0.2) is 34.7 Å². The SMILES string of the molecule is Nc1cccc(NCCSCCCO)n1. The highest BCUT2D eigenvalue weighted by Crippen LogP contribution is 2.06. The lowest BCUT2D eigenvalue weighted by Gasteiger charge is -2.05. The van der Waals surface area contributed by atoms with Crippen LogP contribution in [0.5, 0.6) is 0 Å². The summed E-state index contributed by atoms with van der Waals surface area (Å²) in [5.41, 5.74) is 5.54. The van der Waals surface area contributed by atoms with Gasteiger partial charge < -0.3 is 16.2 Å². The van der Waals surface area contributed by atoms with Crippen molar-refractivity contribution in [2.75, 3.05) is 35.7 Å². The fourth-order valence-electron chi connectivity index (χ4n) is 1.07. The summed E-state index contributed by atoms with van der Waals surface area (Å²) in [5, 5.41) is 11.8. The normalized spacial score (nSPS) is 10.2. The van der Waals surface area contributed by atoms with E-state index in [4.69, 9.17) is 10.8 Å². The molecule has 15 heavy (non-hydrogen) atoms. The number of aliphatic hydroxyl groups excluding tert-OH is 1. The zero-order chi connectivity index (χ0) is 10.9. The quantitative estimate of drug-likeness (QED) is 0.610. The monoisotopic (exact) mass is 227 g/mol. The number of pyridine rings is 1. The number of hydrogen-bond acceptors (Lipinski definition) is 5. The van der Waals surface area contributed by atoms with Gasteiger partial charge in [0.05, 0.1) is 0 Å². The van der Waals surface area contributed by atoms with Gasteiger partial charge >= 0.3 is 0 Å². The first-order valence-corrected chi connectivity index (χ1v) is 6.13. The Morgan fingerprint density at radius 1 is 1.40 bits per heavy atom. The predicted octanol–water partition coefficient (Wildman–Crippen LogP) is 1.19. The molecule has 1 rings (SSSR count). The van der Waals surface area contributed by atoms with Gasteiger partial charge in [0.2, 0.25) is 0 Å². The molecule has 0 atom stereocenters. The fourth-order valence-corrected chi connectivity index (χ4v) is 1.85. The van der Waals surface area contributed by atoms with Crippen LogP contribution in [0.1, 0.15) is 6.42 Å². The molecule has 0 spiro atoms. The van der Waals surface area contributed by atoms with Crippen molar-refractivity contribution < 1.29 is 5.11 Å².